The van der Waals surface area contributed by atoms with Crippen molar-refractivity contribution in [2.75, 3.05) is 6.54 Å². The molecule has 3 heterocycles. The third-order valence-corrected chi connectivity index (χ3v) is 5.26. The van der Waals surface area contributed by atoms with Crippen molar-refractivity contribution in [2.24, 2.45) is 0 Å². The molecule has 1 atom stereocenters. The Kier molecular flexibility index (Phi) is 4.57. The van der Waals surface area contributed by atoms with Crippen LogP contribution in [0.15, 0.2) is 22.6 Å². The quantitative estimate of drug-likeness (QED) is 0.870. The van der Waals surface area contributed by atoms with Crippen LogP contribution in [0.1, 0.15) is 39.0 Å². The summed E-state index contributed by atoms with van der Waals surface area (Å²) < 4.78 is 1.55. The van der Waals surface area contributed by atoms with Crippen molar-refractivity contribution >= 4 is 27.5 Å². The summed E-state index contributed by atoms with van der Waals surface area (Å²) in [6.07, 6.45) is 6.33. The van der Waals surface area contributed by atoms with Gasteiger partial charge in [-0.15, -0.1) is 11.3 Å². The van der Waals surface area contributed by atoms with Crippen LogP contribution in [0, 0.1) is 0 Å². The number of piperidine rings is 1. The van der Waals surface area contributed by atoms with Crippen LogP contribution in [0.4, 0.5) is 0 Å². The van der Waals surface area contributed by atoms with Crippen LogP contribution < -0.4 is 5.56 Å². The van der Waals surface area contributed by atoms with Crippen LogP contribution in [0.3, 0.4) is 0 Å². The molecule has 5 nitrogen and oxygen atoms in total. The van der Waals surface area contributed by atoms with Crippen molar-refractivity contribution in [1.82, 2.24) is 14.5 Å². The first-order chi connectivity index (χ1) is 10.7. The highest BCUT2D eigenvalue weighted by atomic mass is 32.1. The maximum Gasteiger partial charge on any atom is 0.262 e. The van der Waals surface area contributed by atoms with E-state index in [1.165, 1.54) is 17.8 Å². The molecule has 0 aromatic carbocycles. The van der Waals surface area contributed by atoms with Gasteiger partial charge in [0.25, 0.3) is 5.56 Å². The number of likely N-dealkylation sites (tertiary alicyclic amines) is 1. The molecular weight excluding hydrogens is 298 g/mol. The van der Waals surface area contributed by atoms with E-state index in [9.17, 15) is 9.59 Å². The van der Waals surface area contributed by atoms with Gasteiger partial charge in [-0.05, 0) is 37.1 Å². The second kappa shape index (κ2) is 6.60. The highest BCUT2D eigenvalue weighted by Gasteiger charge is 2.24. The number of rotatable bonds is 4. The molecule has 0 saturated carbocycles. The highest BCUT2D eigenvalue weighted by Crippen LogP contribution is 2.20. The van der Waals surface area contributed by atoms with Gasteiger partial charge in [-0.25, -0.2) is 4.98 Å². The van der Waals surface area contributed by atoms with Crippen LogP contribution in [-0.4, -0.2) is 32.9 Å². The molecule has 0 N–H and O–H groups in total. The minimum absolute atomic E-state index is 0.0512. The molecule has 1 aliphatic rings. The lowest BCUT2D eigenvalue weighted by molar-refractivity contribution is -0.135. The summed E-state index contributed by atoms with van der Waals surface area (Å²) in [5.41, 5.74) is -0.0512. The Morgan fingerprint density at radius 1 is 1.45 bits per heavy atom. The Hall–Kier alpha value is -1.69. The predicted octanol–water partition coefficient (Wildman–Crippen LogP) is 2.64. The zero-order valence-corrected chi connectivity index (χ0v) is 13.6. The molecule has 6 heteroatoms. The van der Waals surface area contributed by atoms with Gasteiger partial charge in [-0.2, -0.15) is 0 Å². The van der Waals surface area contributed by atoms with Gasteiger partial charge >= 0.3 is 0 Å². The van der Waals surface area contributed by atoms with Gasteiger partial charge in [0, 0.05) is 25.6 Å². The number of hydrogen-bond donors (Lipinski definition) is 0. The summed E-state index contributed by atoms with van der Waals surface area (Å²) in [7, 11) is 0. The topological polar surface area (TPSA) is 55.2 Å². The van der Waals surface area contributed by atoms with Crippen LogP contribution in [0.5, 0.6) is 0 Å². The largest absolute Gasteiger partial charge is 0.340 e. The van der Waals surface area contributed by atoms with Crippen LogP contribution in [-0.2, 0) is 11.3 Å². The van der Waals surface area contributed by atoms with Crippen molar-refractivity contribution in [3.8, 4) is 0 Å². The molecule has 0 spiro atoms. The number of hydrogen-bond acceptors (Lipinski definition) is 4. The lowest BCUT2D eigenvalue weighted by Gasteiger charge is -2.35. The van der Waals surface area contributed by atoms with E-state index in [0.717, 1.165) is 30.6 Å². The highest BCUT2D eigenvalue weighted by molar-refractivity contribution is 7.16. The van der Waals surface area contributed by atoms with Gasteiger partial charge in [-0.1, -0.05) is 6.92 Å². The minimum Gasteiger partial charge on any atom is -0.340 e. The van der Waals surface area contributed by atoms with Crippen molar-refractivity contribution < 1.29 is 4.79 Å². The fourth-order valence-electron chi connectivity index (χ4n) is 3.17. The van der Waals surface area contributed by atoms with Gasteiger partial charge < -0.3 is 4.90 Å². The second-order valence-electron chi connectivity index (χ2n) is 5.78. The number of carbonyl (C=O) groups excluding carboxylic acids is 1. The first-order valence-corrected chi connectivity index (χ1v) is 8.80. The zero-order valence-electron chi connectivity index (χ0n) is 12.8. The van der Waals surface area contributed by atoms with Gasteiger partial charge in [0.05, 0.1) is 11.7 Å². The Balaban J connectivity index is 1.69. The van der Waals surface area contributed by atoms with Gasteiger partial charge in [0.15, 0.2) is 0 Å². The zero-order chi connectivity index (χ0) is 15.5. The van der Waals surface area contributed by atoms with Gasteiger partial charge in [-0.3, -0.25) is 14.2 Å². The first kappa shape index (κ1) is 15.2. The van der Waals surface area contributed by atoms with Crippen LogP contribution >= 0.6 is 11.3 Å². The maximum atomic E-state index is 12.5. The number of nitrogens with zero attached hydrogens (tertiary/aromatic N) is 3. The summed E-state index contributed by atoms with van der Waals surface area (Å²) in [5, 5.41) is 2.51. The third-order valence-electron chi connectivity index (χ3n) is 4.44. The molecule has 3 rings (SSSR count). The average molecular weight is 319 g/mol. The standard InChI is InChI=1S/C16H21N3O2S/c1-2-12-5-3-4-8-19(12)14(20)6-9-18-11-17-15-13(16(18)21)7-10-22-15/h7,10-12H,2-6,8-9H2,1H3/t12-/m0/s1. The minimum atomic E-state index is -0.0512. The summed E-state index contributed by atoms with van der Waals surface area (Å²) in [6.45, 7) is 3.40. The van der Waals surface area contributed by atoms with E-state index in [0.29, 0.717) is 24.4 Å². The number of carbonyl (C=O) groups is 1. The molecule has 0 bridgehead atoms. The lowest BCUT2D eigenvalue weighted by atomic mass is 9.99. The second-order valence-corrected chi connectivity index (χ2v) is 6.67. The number of aryl methyl sites for hydroxylation is 1. The number of amides is 1. The molecule has 22 heavy (non-hydrogen) atoms. The number of thiophene rings is 1. The average Bonchev–Trinajstić information content (AvgIpc) is 3.03. The fourth-order valence-corrected chi connectivity index (χ4v) is 3.89. The van der Waals surface area contributed by atoms with Crippen molar-refractivity contribution in [3.05, 3.63) is 28.1 Å². The van der Waals surface area contributed by atoms with Crippen molar-refractivity contribution in [3.63, 3.8) is 0 Å². The first-order valence-electron chi connectivity index (χ1n) is 7.93. The number of aromatic nitrogens is 2. The SMILES string of the molecule is CC[C@H]1CCCCN1C(=O)CCn1cnc2sccc2c1=O. The molecule has 2 aromatic heterocycles. The van der Waals surface area contributed by atoms with E-state index >= 15 is 0 Å². The van der Waals surface area contributed by atoms with Crippen LogP contribution in [0.25, 0.3) is 10.2 Å². The van der Waals surface area contributed by atoms with Gasteiger partial charge in [0.1, 0.15) is 4.83 Å². The Morgan fingerprint density at radius 3 is 3.14 bits per heavy atom. The molecule has 0 radical (unpaired) electrons. The molecule has 118 valence electrons. The predicted molar refractivity (Wildman–Crippen MR) is 88.1 cm³/mol. The molecule has 0 aliphatic carbocycles. The molecule has 1 aliphatic heterocycles. The van der Waals surface area contributed by atoms with Gasteiger partial charge in [0.2, 0.25) is 5.91 Å². The van der Waals surface area contributed by atoms with E-state index in [4.69, 9.17) is 0 Å². The summed E-state index contributed by atoms with van der Waals surface area (Å²) in [4.78, 5) is 31.8. The summed E-state index contributed by atoms with van der Waals surface area (Å²) in [6, 6.07) is 2.17. The maximum absolute atomic E-state index is 12.5. The van der Waals surface area contributed by atoms with E-state index < -0.39 is 0 Å². The van der Waals surface area contributed by atoms with E-state index in [1.807, 2.05) is 10.3 Å². The summed E-state index contributed by atoms with van der Waals surface area (Å²) >= 11 is 1.46. The van der Waals surface area contributed by atoms with E-state index in [-0.39, 0.29) is 11.5 Å². The normalized spacial score (nSPS) is 18.8. The molecule has 1 amide bonds. The monoisotopic (exact) mass is 319 g/mol. The van der Waals surface area contributed by atoms with E-state index in [2.05, 4.69) is 11.9 Å². The van der Waals surface area contributed by atoms with Crippen LogP contribution in [0.2, 0.25) is 0 Å². The lowest BCUT2D eigenvalue weighted by Crippen LogP contribution is -2.43. The Labute approximate surface area is 133 Å². The molecular formula is C16H21N3O2S. The van der Waals surface area contributed by atoms with E-state index in [1.54, 1.807) is 17.0 Å². The fraction of sp³-hybridized carbons (Fsp3) is 0.562. The molecule has 2 aromatic rings. The third kappa shape index (κ3) is 2.92. The Bertz CT molecular complexity index is 721. The molecule has 1 saturated heterocycles. The Morgan fingerprint density at radius 2 is 2.32 bits per heavy atom. The van der Waals surface area contributed by atoms with Crippen molar-refractivity contribution in [1.29, 1.82) is 0 Å². The van der Waals surface area contributed by atoms with Crippen molar-refractivity contribution in [2.45, 2.75) is 51.6 Å². The summed E-state index contributed by atoms with van der Waals surface area (Å²) in [5.74, 6) is 0.156. The smallest absolute Gasteiger partial charge is 0.262 e. The number of fused-ring (bicyclic) bond motifs is 1. The molecule has 1 fully saturated rings. The molecule has 0 unspecified atom stereocenters.